The fraction of sp³-hybridized carbons (Fsp3) is 0.531. The van der Waals surface area contributed by atoms with Crippen molar-refractivity contribution in [2.24, 2.45) is 11.8 Å². The molecule has 4 aromatic carbocycles. The van der Waals surface area contributed by atoms with Crippen LogP contribution < -0.4 is 52.0 Å². The van der Waals surface area contributed by atoms with Gasteiger partial charge in [0, 0.05) is 60.3 Å². The number of nitrogens with one attached hydrogen (secondary N) is 8. The Morgan fingerprint density at radius 1 is 0.488 bits per heavy atom. The number of benzene rings is 4. The van der Waals surface area contributed by atoms with Crippen LogP contribution in [0, 0.1) is 11.8 Å². The quantitative estimate of drug-likeness (QED) is 0.0665. The van der Waals surface area contributed by atoms with Crippen LogP contribution in [0.5, 0.6) is 11.5 Å². The van der Waals surface area contributed by atoms with Crippen LogP contribution >= 0.6 is 0 Å². The van der Waals surface area contributed by atoms with E-state index >= 15 is 0 Å². The molecule has 0 bridgehead atoms. The normalized spacial score (nSPS) is 23.9. The summed E-state index contributed by atoms with van der Waals surface area (Å²) in [4.78, 5) is 117. The average molecular weight is 1150 g/mol. The number of rotatable bonds is 18. The standard InChI is InChI=1S/C64H82N10O10/c1-37(65-3)57(75)71-55(39-15-7-5-8-16-39)63(81)73-35-45(33-51(73)61(79)69-49-27-29-83-53-21-13-11-19-47(49)53)67-59(77)43-25-23-42-32-44(26-24-41(42)31-43)60(78)68-46-34-52(62(80)70-50-28-30-84-54-22-14-12-20-48(50)54)74(36-46)64(82)56(40-17-9-6-10-18-40)72-58(76)38(2)66-4/h11-14,19-26,31-32,37-40,45-46,49-52,55-56,65-66H,5-10,15-18,27-30,33-36H2,1-4H3,(H,67,77)(H,68,78)(H,69,79)(H,70,80)(H,71,75)(H,72,76)/t37-,38-,45-,46-,49+,50+,51-,52-,55-,56-/m0/s1. The van der Waals surface area contributed by atoms with E-state index in [0.717, 1.165) is 75.3 Å². The number of para-hydroxylation sites is 2. The molecule has 8 N–H and O–H groups in total. The number of fused-ring (bicyclic) bond motifs is 3. The SMILES string of the molecule is CN[C@@H](C)C(=O)N[C@H](C(=O)N1C[C@@H](NC(=O)c2ccc3cc(C(=O)N[C@H]4C[C@@H](C(=O)N[C@@H]5CCOc6ccccc65)N(C(=O)[C@@H](NC(=O)[C@H](C)NC)C5CCCCC5)C4)ccc3c2)C[C@H]1C(=O)N[C@@H]1CCOc2ccccc21)C1CCCCC1. The summed E-state index contributed by atoms with van der Waals surface area (Å²) in [5.41, 5.74) is 2.37. The van der Waals surface area contributed by atoms with Gasteiger partial charge in [-0.3, -0.25) is 38.4 Å². The van der Waals surface area contributed by atoms with Gasteiger partial charge in [-0.15, -0.1) is 0 Å². The fourth-order valence-electron chi connectivity index (χ4n) is 13.3. The largest absolute Gasteiger partial charge is 0.493 e. The summed E-state index contributed by atoms with van der Waals surface area (Å²) in [6.45, 7) is 4.39. The Morgan fingerprint density at radius 3 is 1.27 bits per heavy atom. The van der Waals surface area contributed by atoms with E-state index in [9.17, 15) is 38.4 Å². The van der Waals surface area contributed by atoms with E-state index < -0.39 is 60.1 Å². The molecule has 0 spiro atoms. The van der Waals surface area contributed by atoms with E-state index in [1.54, 1.807) is 74.1 Å². The van der Waals surface area contributed by atoms with E-state index in [1.807, 2.05) is 48.5 Å². The van der Waals surface area contributed by atoms with Gasteiger partial charge in [0.05, 0.1) is 37.4 Å². The Morgan fingerprint density at radius 2 is 0.881 bits per heavy atom. The van der Waals surface area contributed by atoms with Gasteiger partial charge in [0.1, 0.15) is 35.7 Å². The Balaban J connectivity index is 0.842. The molecule has 4 fully saturated rings. The maximum Gasteiger partial charge on any atom is 0.251 e. The zero-order valence-corrected chi connectivity index (χ0v) is 48.7. The fourth-order valence-corrected chi connectivity index (χ4v) is 13.3. The maximum atomic E-state index is 14.9. The highest BCUT2D eigenvalue weighted by molar-refractivity contribution is 6.03. The number of amides is 8. The smallest absolute Gasteiger partial charge is 0.251 e. The lowest BCUT2D eigenvalue weighted by Crippen LogP contribution is -2.58. The van der Waals surface area contributed by atoms with Crippen molar-refractivity contribution in [3.05, 3.63) is 107 Å². The van der Waals surface area contributed by atoms with Gasteiger partial charge in [-0.25, -0.2) is 0 Å². The number of ether oxygens (including phenoxy) is 2. The lowest BCUT2D eigenvalue weighted by atomic mass is 9.83. The van der Waals surface area contributed by atoms with Gasteiger partial charge < -0.3 is 61.8 Å². The van der Waals surface area contributed by atoms with Crippen molar-refractivity contribution in [3.8, 4) is 11.5 Å². The lowest BCUT2D eigenvalue weighted by molar-refractivity contribution is -0.143. The molecule has 2 saturated carbocycles. The van der Waals surface area contributed by atoms with Gasteiger partial charge in [0.25, 0.3) is 11.8 Å². The molecule has 2 aliphatic carbocycles. The van der Waals surface area contributed by atoms with Crippen molar-refractivity contribution in [2.75, 3.05) is 40.4 Å². The summed E-state index contributed by atoms with van der Waals surface area (Å²) in [5.74, 6) is -1.68. The summed E-state index contributed by atoms with van der Waals surface area (Å²) in [7, 11) is 3.37. The van der Waals surface area contributed by atoms with Crippen LogP contribution in [0.1, 0.15) is 148 Å². The molecular weight excluding hydrogens is 1070 g/mol. The van der Waals surface area contributed by atoms with E-state index in [1.165, 1.54) is 0 Å². The third kappa shape index (κ3) is 13.5. The maximum absolute atomic E-state index is 14.9. The minimum atomic E-state index is -0.937. The first-order chi connectivity index (χ1) is 40.7. The van der Waals surface area contributed by atoms with Crippen LogP contribution in [-0.2, 0) is 28.8 Å². The summed E-state index contributed by atoms with van der Waals surface area (Å²) in [6, 6.07) is 18.8. The highest BCUT2D eigenvalue weighted by Crippen LogP contribution is 2.36. The van der Waals surface area contributed by atoms with Crippen molar-refractivity contribution >= 4 is 58.0 Å². The molecule has 448 valence electrons. The molecule has 20 heteroatoms. The Hall–Kier alpha value is -7.58. The molecule has 8 amide bonds. The Labute approximate surface area is 491 Å². The summed E-state index contributed by atoms with van der Waals surface area (Å²) in [5, 5.41) is 26.0. The summed E-state index contributed by atoms with van der Waals surface area (Å²) < 4.78 is 11.7. The topological polar surface area (TPSA) is 258 Å². The molecule has 0 aromatic heterocycles. The molecule has 2 saturated heterocycles. The second kappa shape index (κ2) is 27.0. The van der Waals surface area contributed by atoms with E-state index in [0.29, 0.717) is 59.5 Å². The molecule has 4 aromatic rings. The number of hydrogen-bond donors (Lipinski definition) is 8. The first-order valence-corrected chi connectivity index (χ1v) is 30.4. The van der Waals surface area contributed by atoms with Crippen molar-refractivity contribution < 1.29 is 47.8 Å². The van der Waals surface area contributed by atoms with Crippen LogP contribution in [0.2, 0.25) is 0 Å². The molecule has 20 nitrogen and oxygen atoms in total. The van der Waals surface area contributed by atoms with Crippen molar-refractivity contribution in [1.82, 2.24) is 52.3 Å². The van der Waals surface area contributed by atoms with E-state index in [4.69, 9.17) is 9.47 Å². The number of carbonyl (C=O) groups excluding carboxylic acids is 8. The van der Waals surface area contributed by atoms with Crippen LogP contribution in [0.15, 0.2) is 84.9 Å². The van der Waals surface area contributed by atoms with E-state index in [2.05, 4.69) is 42.5 Å². The summed E-state index contributed by atoms with van der Waals surface area (Å²) in [6.07, 6.45) is 10.2. The van der Waals surface area contributed by atoms with Crippen molar-refractivity contribution in [3.63, 3.8) is 0 Å². The Kier molecular flexibility index (Phi) is 19.1. The summed E-state index contributed by atoms with van der Waals surface area (Å²) >= 11 is 0. The first kappa shape index (κ1) is 59.6. The van der Waals surface area contributed by atoms with Gasteiger partial charge in [-0.05, 0) is 125 Å². The lowest BCUT2D eigenvalue weighted by Gasteiger charge is -2.35. The Bertz CT molecular complexity index is 2890. The first-order valence-electron chi connectivity index (χ1n) is 30.4. The number of nitrogens with zero attached hydrogens (tertiary/aromatic N) is 2. The highest BCUT2D eigenvalue weighted by Gasteiger charge is 2.47. The zero-order valence-electron chi connectivity index (χ0n) is 48.7. The minimum Gasteiger partial charge on any atom is -0.493 e. The molecule has 0 radical (unpaired) electrons. The monoisotopic (exact) mass is 1150 g/mol. The van der Waals surface area contributed by atoms with Crippen LogP contribution in [-0.4, -0.2) is 146 Å². The zero-order chi connectivity index (χ0) is 59.0. The predicted octanol–water partition coefficient (Wildman–Crippen LogP) is 4.86. The molecular formula is C64H82N10O10. The number of likely N-dealkylation sites (tertiary alicyclic amines) is 2. The van der Waals surface area contributed by atoms with Crippen LogP contribution in [0.4, 0.5) is 0 Å². The highest BCUT2D eigenvalue weighted by atomic mass is 16.5. The molecule has 10 rings (SSSR count). The number of likely N-dealkylation sites (N-methyl/N-ethyl adjacent to an activating group) is 2. The van der Waals surface area contributed by atoms with Gasteiger partial charge in [-0.1, -0.05) is 87.1 Å². The van der Waals surface area contributed by atoms with Gasteiger partial charge in [0.2, 0.25) is 35.4 Å². The van der Waals surface area contributed by atoms with Gasteiger partial charge >= 0.3 is 0 Å². The number of carbonyl (C=O) groups is 8. The molecule has 4 aliphatic heterocycles. The molecule has 10 atom stereocenters. The molecule has 6 aliphatic rings. The van der Waals surface area contributed by atoms with Crippen LogP contribution in [0.25, 0.3) is 10.8 Å². The van der Waals surface area contributed by atoms with Crippen molar-refractivity contribution in [1.29, 1.82) is 0 Å². The van der Waals surface area contributed by atoms with Crippen molar-refractivity contribution in [2.45, 2.75) is 164 Å². The molecule has 4 heterocycles. The van der Waals surface area contributed by atoms with Gasteiger partial charge in [-0.2, -0.15) is 0 Å². The predicted molar refractivity (Wildman–Crippen MR) is 316 cm³/mol. The second-order valence-electron chi connectivity index (χ2n) is 23.9. The average Bonchev–Trinajstić information content (AvgIpc) is 4.34. The van der Waals surface area contributed by atoms with E-state index in [-0.39, 0.29) is 85.3 Å². The minimum absolute atomic E-state index is 0.0518. The molecule has 0 unspecified atom stereocenters. The third-order valence-corrected chi connectivity index (χ3v) is 18.4. The molecule has 84 heavy (non-hydrogen) atoms. The second-order valence-corrected chi connectivity index (χ2v) is 23.9. The van der Waals surface area contributed by atoms with Crippen LogP contribution in [0.3, 0.4) is 0 Å². The third-order valence-electron chi connectivity index (χ3n) is 18.4. The number of hydrogen-bond acceptors (Lipinski definition) is 12. The van der Waals surface area contributed by atoms with Gasteiger partial charge in [0.15, 0.2) is 0 Å².